The standard InChI is InChI=1S/C19H19N3O3/c1-13-20-19(21-25-13)17-12-22(8-9-24-17)18(23)11-14-6-7-15-4-2-3-5-16(15)10-14/h2-7,10,17H,8-9,11-12H2,1H3/t17-/m0/s1. The van der Waals surface area contributed by atoms with E-state index in [0.29, 0.717) is 37.8 Å². The van der Waals surface area contributed by atoms with Crippen LogP contribution in [0.5, 0.6) is 0 Å². The molecule has 4 rings (SSSR count). The quantitative estimate of drug-likeness (QED) is 0.735. The molecule has 0 aliphatic carbocycles. The molecule has 1 aliphatic rings. The van der Waals surface area contributed by atoms with Crippen LogP contribution in [-0.2, 0) is 16.0 Å². The molecule has 1 amide bonds. The number of rotatable bonds is 3. The second-order valence-corrected chi connectivity index (χ2v) is 6.23. The van der Waals surface area contributed by atoms with E-state index in [0.717, 1.165) is 10.9 Å². The van der Waals surface area contributed by atoms with Crippen LogP contribution >= 0.6 is 0 Å². The van der Waals surface area contributed by atoms with Gasteiger partial charge in [0.05, 0.1) is 19.6 Å². The molecule has 0 spiro atoms. The largest absolute Gasteiger partial charge is 0.366 e. The molecule has 0 bridgehead atoms. The van der Waals surface area contributed by atoms with Gasteiger partial charge >= 0.3 is 0 Å². The van der Waals surface area contributed by atoms with Crippen molar-refractivity contribution in [1.82, 2.24) is 15.0 Å². The van der Waals surface area contributed by atoms with Crippen LogP contribution in [0.3, 0.4) is 0 Å². The summed E-state index contributed by atoms with van der Waals surface area (Å²) in [6.45, 7) is 3.24. The number of ether oxygens (including phenoxy) is 1. The van der Waals surface area contributed by atoms with Gasteiger partial charge in [0.1, 0.15) is 6.10 Å². The van der Waals surface area contributed by atoms with Crippen LogP contribution < -0.4 is 0 Å². The predicted octanol–water partition coefficient (Wildman–Crippen LogP) is 2.67. The average molecular weight is 337 g/mol. The highest BCUT2D eigenvalue weighted by molar-refractivity contribution is 5.85. The fourth-order valence-electron chi connectivity index (χ4n) is 3.11. The Balaban J connectivity index is 1.46. The van der Waals surface area contributed by atoms with E-state index >= 15 is 0 Å². The lowest BCUT2D eigenvalue weighted by molar-refractivity contribution is -0.138. The summed E-state index contributed by atoms with van der Waals surface area (Å²) in [6.07, 6.45) is 0.0507. The zero-order valence-electron chi connectivity index (χ0n) is 14.0. The molecule has 0 saturated carbocycles. The Hall–Kier alpha value is -2.73. The van der Waals surface area contributed by atoms with E-state index in [1.807, 2.05) is 23.1 Å². The zero-order chi connectivity index (χ0) is 17.2. The number of amides is 1. The van der Waals surface area contributed by atoms with E-state index in [2.05, 4.69) is 34.4 Å². The van der Waals surface area contributed by atoms with Gasteiger partial charge in [-0.15, -0.1) is 0 Å². The van der Waals surface area contributed by atoms with Crippen LogP contribution in [0.15, 0.2) is 47.0 Å². The Bertz CT molecular complexity index is 906. The van der Waals surface area contributed by atoms with E-state index in [1.165, 1.54) is 5.39 Å². The minimum absolute atomic E-state index is 0.0868. The van der Waals surface area contributed by atoms with Gasteiger partial charge in [0, 0.05) is 13.5 Å². The number of morpholine rings is 1. The van der Waals surface area contributed by atoms with Crippen molar-refractivity contribution in [3.8, 4) is 0 Å². The predicted molar refractivity (Wildman–Crippen MR) is 92.0 cm³/mol. The highest BCUT2D eigenvalue weighted by Gasteiger charge is 2.28. The number of fused-ring (bicyclic) bond motifs is 1. The van der Waals surface area contributed by atoms with E-state index in [1.54, 1.807) is 6.92 Å². The number of aromatic nitrogens is 2. The Morgan fingerprint density at radius 1 is 1.24 bits per heavy atom. The molecule has 0 unspecified atom stereocenters. The molecule has 3 aromatic rings. The number of hydrogen-bond donors (Lipinski definition) is 0. The van der Waals surface area contributed by atoms with Crippen molar-refractivity contribution in [2.24, 2.45) is 0 Å². The van der Waals surface area contributed by atoms with Crippen LogP contribution in [0, 0.1) is 6.92 Å². The van der Waals surface area contributed by atoms with Gasteiger partial charge in [0.25, 0.3) is 0 Å². The van der Waals surface area contributed by atoms with Crippen LogP contribution in [0.4, 0.5) is 0 Å². The van der Waals surface area contributed by atoms with Crippen molar-refractivity contribution in [2.75, 3.05) is 19.7 Å². The number of benzene rings is 2. The third-order valence-corrected chi connectivity index (χ3v) is 4.42. The minimum Gasteiger partial charge on any atom is -0.366 e. The molecule has 0 radical (unpaired) electrons. The Morgan fingerprint density at radius 3 is 2.88 bits per heavy atom. The topological polar surface area (TPSA) is 68.5 Å². The number of aryl methyl sites for hydroxylation is 1. The van der Waals surface area contributed by atoms with Gasteiger partial charge in [0.2, 0.25) is 17.6 Å². The second kappa shape index (κ2) is 6.64. The summed E-state index contributed by atoms with van der Waals surface area (Å²) >= 11 is 0. The van der Waals surface area contributed by atoms with Gasteiger partial charge in [-0.2, -0.15) is 4.98 Å². The van der Waals surface area contributed by atoms with E-state index < -0.39 is 0 Å². The minimum atomic E-state index is -0.327. The first kappa shape index (κ1) is 15.8. The third-order valence-electron chi connectivity index (χ3n) is 4.42. The summed E-state index contributed by atoms with van der Waals surface area (Å²) in [6, 6.07) is 14.3. The maximum absolute atomic E-state index is 12.7. The highest BCUT2D eigenvalue weighted by Crippen LogP contribution is 2.21. The van der Waals surface area contributed by atoms with Gasteiger partial charge in [-0.05, 0) is 16.3 Å². The smallest absolute Gasteiger partial charge is 0.227 e. The Labute approximate surface area is 145 Å². The van der Waals surface area contributed by atoms with Gasteiger partial charge in [-0.25, -0.2) is 0 Å². The monoisotopic (exact) mass is 337 g/mol. The van der Waals surface area contributed by atoms with E-state index in [9.17, 15) is 4.79 Å². The fourth-order valence-corrected chi connectivity index (χ4v) is 3.11. The summed E-state index contributed by atoms with van der Waals surface area (Å²) in [5.74, 6) is 1.09. The van der Waals surface area contributed by atoms with Crippen LogP contribution in [0.2, 0.25) is 0 Å². The normalized spacial score (nSPS) is 17.8. The molecule has 1 atom stereocenters. The van der Waals surface area contributed by atoms with Crippen LogP contribution in [-0.4, -0.2) is 40.6 Å². The summed E-state index contributed by atoms with van der Waals surface area (Å²) in [7, 11) is 0. The maximum atomic E-state index is 12.7. The van der Waals surface area contributed by atoms with Gasteiger partial charge < -0.3 is 14.2 Å². The number of carbonyl (C=O) groups excluding carboxylic acids is 1. The molecular formula is C19H19N3O3. The van der Waals surface area contributed by atoms with Crippen LogP contribution in [0.1, 0.15) is 23.4 Å². The maximum Gasteiger partial charge on any atom is 0.227 e. The fraction of sp³-hybridized carbons (Fsp3) is 0.316. The van der Waals surface area contributed by atoms with E-state index in [4.69, 9.17) is 9.26 Å². The first-order valence-electron chi connectivity index (χ1n) is 8.36. The molecule has 128 valence electrons. The van der Waals surface area contributed by atoms with Crippen molar-refractivity contribution < 1.29 is 14.1 Å². The molecule has 1 aromatic heterocycles. The van der Waals surface area contributed by atoms with Gasteiger partial charge in [-0.1, -0.05) is 47.6 Å². The van der Waals surface area contributed by atoms with Crippen molar-refractivity contribution in [3.05, 3.63) is 59.7 Å². The van der Waals surface area contributed by atoms with Crippen LogP contribution in [0.25, 0.3) is 10.8 Å². The molecule has 2 heterocycles. The molecule has 1 aliphatic heterocycles. The number of hydrogen-bond acceptors (Lipinski definition) is 5. The van der Waals surface area contributed by atoms with Gasteiger partial charge in [-0.3, -0.25) is 4.79 Å². The molecule has 2 aromatic carbocycles. The molecule has 25 heavy (non-hydrogen) atoms. The third kappa shape index (κ3) is 3.39. The molecule has 1 saturated heterocycles. The van der Waals surface area contributed by atoms with E-state index in [-0.39, 0.29) is 12.0 Å². The molecule has 1 fully saturated rings. The Kier molecular flexibility index (Phi) is 4.19. The first-order chi connectivity index (χ1) is 12.2. The Morgan fingerprint density at radius 2 is 2.08 bits per heavy atom. The summed E-state index contributed by atoms with van der Waals surface area (Å²) < 4.78 is 10.7. The second-order valence-electron chi connectivity index (χ2n) is 6.23. The lowest BCUT2D eigenvalue weighted by Gasteiger charge is -2.31. The number of nitrogens with zero attached hydrogens (tertiary/aromatic N) is 3. The highest BCUT2D eigenvalue weighted by atomic mass is 16.5. The van der Waals surface area contributed by atoms with Crippen molar-refractivity contribution >= 4 is 16.7 Å². The number of carbonyl (C=O) groups is 1. The lowest BCUT2D eigenvalue weighted by Crippen LogP contribution is -2.43. The average Bonchev–Trinajstić information content (AvgIpc) is 3.08. The van der Waals surface area contributed by atoms with Crippen molar-refractivity contribution in [2.45, 2.75) is 19.4 Å². The lowest BCUT2D eigenvalue weighted by atomic mass is 10.0. The summed E-state index contributed by atoms with van der Waals surface area (Å²) in [5, 5.41) is 6.23. The zero-order valence-corrected chi connectivity index (χ0v) is 14.0. The molecule has 6 heteroatoms. The van der Waals surface area contributed by atoms with Crippen molar-refractivity contribution in [3.63, 3.8) is 0 Å². The van der Waals surface area contributed by atoms with Crippen molar-refractivity contribution in [1.29, 1.82) is 0 Å². The molecule has 0 N–H and O–H groups in total. The molecular weight excluding hydrogens is 318 g/mol. The SMILES string of the molecule is Cc1nc([C@@H]2CN(C(=O)Cc3ccc4ccccc4c3)CCO2)no1. The first-order valence-corrected chi connectivity index (χ1v) is 8.36. The molecule has 6 nitrogen and oxygen atoms in total. The summed E-state index contributed by atoms with van der Waals surface area (Å²) in [4.78, 5) is 18.7. The van der Waals surface area contributed by atoms with Gasteiger partial charge in [0.15, 0.2) is 0 Å². The summed E-state index contributed by atoms with van der Waals surface area (Å²) in [5.41, 5.74) is 1.02.